The van der Waals surface area contributed by atoms with E-state index in [-0.39, 0.29) is 0 Å². The topological polar surface area (TPSA) is 12.4 Å². The zero-order chi connectivity index (χ0) is 8.97. The molecule has 0 spiro atoms. The summed E-state index contributed by atoms with van der Waals surface area (Å²) in [6, 6.07) is 5.54. The predicted molar refractivity (Wildman–Crippen MR) is 55.5 cm³/mol. The third kappa shape index (κ3) is 2.15. The summed E-state index contributed by atoms with van der Waals surface area (Å²) >= 11 is 10.3. The van der Waals surface area contributed by atoms with Gasteiger partial charge in [0.25, 0.3) is 0 Å². The molecular formula is C9H8ClNS. The number of aryl methyl sites for hydroxylation is 1. The fraction of sp³-hybridized carbons (Fsp3) is 0.222. The molecule has 1 nitrogen and oxygen atoms in total. The van der Waals surface area contributed by atoms with Crippen LogP contribution in [0.25, 0.3) is 0 Å². The van der Waals surface area contributed by atoms with E-state index in [1.165, 1.54) is 0 Å². The van der Waals surface area contributed by atoms with Gasteiger partial charge in [-0.15, -0.1) is 0 Å². The molecule has 0 saturated heterocycles. The molecule has 1 aromatic rings. The van der Waals surface area contributed by atoms with Gasteiger partial charge in [-0.3, -0.25) is 0 Å². The van der Waals surface area contributed by atoms with Crippen LogP contribution in [0.2, 0.25) is 5.02 Å². The van der Waals surface area contributed by atoms with E-state index in [1.807, 2.05) is 19.1 Å². The van der Waals surface area contributed by atoms with Crippen LogP contribution in [0.4, 0.5) is 5.69 Å². The number of nitrogens with zero attached hydrogens (tertiary/aromatic N) is 1. The van der Waals surface area contributed by atoms with Crippen LogP contribution in [-0.2, 0) is 6.42 Å². The molecule has 0 atom stereocenters. The van der Waals surface area contributed by atoms with Crippen LogP contribution in [0.3, 0.4) is 0 Å². The first-order valence-electron chi connectivity index (χ1n) is 3.64. The van der Waals surface area contributed by atoms with Gasteiger partial charge in [0.2, 0.25) is 0 Å². The molecule has 62 valence electrons. The summed E-state index contributed by atoms with van der Waals surface area (Å²) in [5, 5.41) is 3.08. The maximum absolute atomic E-state index is 5.81. The Morgan fingerprint density at radius 1 is 1.58 bits per heavy atom. The lowest BCUT2D eigenvalue weighted by molar-refractivity contribution is 1.13. The number of thiocarbonyl (C=S) groups is 1. The van der Waals surface area contributed by atoms with Crippen LogP contribution < -0.4 is 0 Å². The van der Waals surface area contributed by atoms with E-state index >= 15 is 0 Å². The fourth-order valence-electron chi connectivity index (χ4n) is 0.996. The smallest absolute Gasteiger partial charge is 0.0772 e. The Hall–Kier alpha value is -0.690. The molecule has 0 aliphatic carbocycles. The normalized spacial score (nSPS) is 9.17. The molecule has 0 radical (unpaired) electrons. The van der Waals surface area contributed by atoms with Gasteiger partial charge in [-0.2, -0.15) is 4.99 Å². The van der Waals surface area contributed by atoms with Gasteiger partial charge >= 0.3 is 0 Å². The number of aliphatic imine (C=N–C) groups is 1. The van der Waals surface area contributed by atoms with E-state index in [1.54, 1.807) is 6.07 Å². The number of isothiocyanates is 1. The summed E-state index contributed by atoms with van der Waals surface area (Å²) in [5.41, 5.74) is 1.96. The molecule has 1 aromatic carbocycles. The quantitative estimate of drug-likeness (QED) is 0.521. The Bertz CT molecular complexity index is 329. The highest BCUT2D eigenvalue weighted by atomic mass is 35.5. The lowest BCUT2D eigenvalue weighted by Crippen LogP contribution is -1.80. The average molecular weight is 198 g/mol. The first kappa shape index (κ1) is 9.40. The van der Waals surface area contributed by atoms with Crippen LogP contribution in [0.1, 0.15) is 12.5 Å². The molecule has 1 rings (SSSR count). The molecular weight excluding hydrogens is 190 g/mol. The number of hydrogen-bond acceptors (Lipinski definition) is 2. The maximum Gasteiger partial charge on any atom is 0.0772 e. The highest BCUT2D eigenvalue weighted by molar-refractivity contribution is 7.78. The van der Waals surface area contributed by atoms with Gasteiger partial charge in [0, 0.05) is 5.02 Å². The van der Waals surface area contributed by atoms with Gasteiger partial charge < -0.3 is 0 Å². The lowest BCUT2D eigenvalue weighted by Gasteiger charge is -2.00. The summed E-state index contributed by atoms with van der Waals surface area (Å²) in [6.07, 6.45) is 0.899. The second-order valence-electron chi connectivity index (χ2n) is 2.33. The minimum absolute atomic E-state index is 0.732. The van der Waals surface area contributed by atoms with Gasteiger partial charge in [-0.05, 0) is 42.4 Å². The second-order valence-corrected chi connectivity index (χ2v) is 2.95. The van der Waals surface area contributed by atoms with Crippen molar-refractivity contribution in [2.75, 3.05) is 0 Å². The van der Waals surface area contributed by atoms with Crippen molar-refractivity contribution in [3.63, 3.8) is 0 Å². The number of halogens is 1. The minimum Gasteiger partial charge on any atom is -0.194 e. The second kappa shape index (κ2) is 4.36. The zero-order valence-corrected chi connectivity index (χ0v) is 8.25. The predicted octanol–water partition coefficient (Wildman–Crippen LogP) is 3.64. The molecule has 0 bridgehead atoms. The summed E-state index contributed by atoms with van der Waals surface area (Å²) in [6.45, 7) is 2.05. The Morgan fingerprint density at radius 2 is 2.33 bits per heavy atom. The molecule has 0 saturated carbocycles. The SMILES string of the molecule is CCc1cc(Cl)ccc1N=C=S. The Balaban J connectivity index is 3.19. The summed E-state index contributed by atoms with van der Waals surface area (Å²) in [7, 11) is 0. The Labute approximate surface area is 82.1 Å². The average Bonchev–Trinajstić information content (AvgIpc) is 2.08. The van der Waals surface area contributed by atoms with Crippen LogP contribution in [0.5, 0.6) is 0 Å². The van der Waals surface area contributed by atoms with E-state index in [0.717, 1.165) is 22.7 Å². The molecule has 12 heavy (non-hydrogen) atoms. The summed E-state index contributed by atoms with van der Waals surface area (Å²) < 4.78 is 0. The number of benzene rings is 1. The molecule has 0 heterocycles. The Kier molecular flexibility index (Phi) is 3.42. The van der Waals surface area contributed by atoms with E-state index in [9.17, 15) is 0 Å². The number of hydrogen-bond donors (Lipinski definition) is 0. The number of rotatable bonds is 2. The van der Waals surface area contributed by atoms with E-state index in [0.29, 0.717) is 0 Å². The molecule has 0 amide bonds. The van der Waals surface area contributed by atoms with Crippen LogP contribution in [0.15, 0.2) is 23.2 Å². The van der Waals surface area contributed by atoms with Crippen LogP contribution in [0, 0.1) is 0 Å². The monoisotopic (exact) mass is 197 g/mol. The van der Waals surface area contributed by atoms with Gasteiger partial charge in [-0.1, -0.05) is 18.5 Å². The third-order valence-electron chi connectivity index (χ3n) is 1.59. The first-order chi connectivity index (χ1) is 5.77. The standard InChI is InChI=1S/C9H8ClNS/c1-2-7-5-8(10)3-4-9(7)11-6-12/h3-5H,2H2,1H3. The van der Waals surface area contributed by atoms with Gasteiger partial charge in [-0.25, -0.2) is 0 Å². The molecule has 0 N–H and O–H groups in total. The van der Waals surface area contributed by atoms with Crippen molar-refractivity contribution in [1.29, 1.82) is 0 Å². The van der Waals surface area contributed by atoms with Crippen molar-refractivity contribution in [2.24, 2.45) is 4.99 Å². The first-order valence-corrected chi connectivity index (χ1v) is 4.43. The molecule has 0 fully saturated rings. The van der Waals surface area contributed by atoms with Gasteiger partial charge in [0.1, 0.15) is 0 Å². The van der Waals surface area contributed by atoms with Crippen molar-refractivity contribution in [3.05, 3.63) is 28.8 Å². The molecule has 0 unspecified atom stereocenters. The van der Waals surface area contributed by atoms with Crippen molar-refractivity contribution >= 4 is 34.7 Å². The Morgan fingerprint density at radius 3 is 2.92 bits per heavy atom. The van der Waals surface area contributed by atoms with Crippen LogP contribution >= 0.6 is 23.8 Å². The molecule has 3 heteroatoms. The van der Waals surface area contributed by atoms with E-state index in [2.05, 4.69) is 22.4 Å². The molecule has 0 aliphatic rings. The summed E-state index contributed by atoms with van der Waals surface area (Å²) in [4.78, 5) is 3.92. The van der Waals surface area contributed by atoms with Gasteiger partial charge in [0.05, 0.1) is 10.8 Å². The van der Waals surface area contributed by atoms with Crippen molar-refractivity contribution < 1.29 is 0 Å². The van der Waals surface area contributed by atoms with Crippen molar-refractivity contribution in [1.82, 2.24) is 0 Å². The largest absolute Gasteiger partial charge is 0.194 e. The summed E-state index contributed by atoms with van der Waals surface area (Å²) in [5.74, 6) is 0. The zero-order valence-electron chi connectivity index (χ0n) is 6.67. The van der Waals surface area contributed by atoms with Gasteiger partial charge in [0.15, 0.2) is 0 Å². The van der Waals surface area contributed by atoms with Crippen LogP contribution in [-0.4, -0.2) is 5.16 Å². The maximum atomic E-state index is 5.81. The van der Waals surface area contributed by atoms with E-state index in [4.69, 9.17) is 11.6 Å². The van der Waals surface area contributed by atoms with Crippen molar-refractivity contribution in [3.8, 4) is 0 Å². The minimum atomic E-state index is 0.732. The highest BCUT2D eigenvalue weighted by Crippen LogP contribution is 2.23. The van der Waals surface area contributed by atoms with E-state index < -0.39 is 0 Å². The highest BCUT2D eigenvalue weighted by Gasteiger charge is 1.98. The molecule has 0 aliphatic heterocycles. The van der Waals surface area contributed by atoms with Crippen molar-refractivity contribution in [2.45, 2.75) is 13.3 Å². The fourth-order valence-corrected chi connectivity index (χ4v) is 1.29. The molecule has 0 aromatic heterocycles. The lowest BCUT2D eigenvalue weighted by atomic mass is 10.1. The third-order valence-corrected chi connectivity index (χ3v) is 1.91.